The van der Waals surface area contributed by atoms with E-state index < -0.39 is 0 Å². The maximum absolute atomic E-state index is 12.7. The standard InChI is InChI=1S/C20H21N3O2/c1-12-4-8-17(13(2)10-12)23-18(20(24)21-15-6-7-15)11-16(22-23)19-9-5-14(3)25-19/h4-5,8-11,15H,6-7H2,1-3H3,(H,21,24). The summed E-state index contributed by atoms with van der Waals surface area (Å²) < 4.78 is 7.41. The molecule has 5 heteroatoms. The number of benzene rings is 1. The average Bonchev–Trinajstić information content (AvgIpc) is 3.09. The highest BCUT2D eigenvalue weighted by molar-refractivity contribution is 5.94. The van der Waals surface area contributed by atoms with E-state index in [-0.39, 0.29) is 5.91 Å². The molecule has 0 bridgehead atoms. The monoisotopic (exact) mass is 335 g/mol. The molecule has 0 spiro atoms. The summed E-state index contributed by atoms with van der Waals surface area (Å²) in [4.78, 5) is 12.7. The molecule has 1 saturated carbocycles. The van der Waals surface area contributed by atoms with Crippen LogP contribution in [-0.2, 0) is 0 Å². The molecular formula is C20H21N3O2. The Morgan fingerprint density at radius 2 is 1.96 bits per heavy atom. The van der Waals surface area contributed by atoms with Crippen LogP contribution in [0.1, 0.15) is 40.2 Å². The van der Waals surface area contributed by atoms with Gasteiger partial charge in [0.25, 0.3) is 5.91 Å². The van der Waals surface area contributed by atoms with Crippen molar-refractivity contribution in [1.82, 2.24) is 15.1 Å². The summed E-state index contributed by atoms with van der Waals surface area (Å²) in [5.41, 5.74) is 4.35. The second-order valence-electron chi connectivity index (χ2n) is 6.77. The number of aryl methyl sites for hydroxylation is 3. The molecule has 0 aliphatic heterocycles. The number of nitrogens with zero attached hydrogens (tertiary/aromatic N) is 2. The molecule has 0 atom stereocenters. The predicted octanol–water partition coefficient (Wildman–Crippen LogP) is 3.95. The van der Waals surface area contributed by atoms with Crippen LogP contribution in [0, 0.1) is 20.8 Å². The van der Waals surface area contributed by atoms with Crippen LogP contribution in [0.5, 0.6) is 0 Å². The highest BCUT2D eigenvalue weighted by atomic mass is 16.3. The Bertz CT molecular complexity index is 948. The number of aromatic nitrogens is 2. The fourth-order valence-corrected chi connectivity index (χ4v) is 2.95. The van der Waals surface area contributed by atoms with Crippen LogP contribution in [0.25, 0.3) is 17.1 Å². The number of hydrogen-bond acceptors (Lipinski definition) is 3. The Hall–Kier alpha value is -2.82. The second-order valence-corrected chi connectivity index (χ2v) is 6.77. The van der Waals surface area contributed by atoms with Crippen LogP contribution in [0.2, 0.25) is 0 Å². The van der Waals surface area contributed by atoms with Crippen molar-refractivity contribution < 1.29 is 9.21 Å². The largest absolute Gasteiger partial charge is 0.460 e. The summed E-state index contributed by atoms with van der Waals surface area (Å²) in [6.45, 7) is 5.98. The molecule has 0 unspecified atom stereocenters. The lowest BCUT2D eigenvalue weighted by atomic mass is 10.1. The summed E-state index contributed by atoms with van der Waals surface area (Å²) in [6, 6.07) is 12.0. The third-order valence-corrected chi connectivity index (χ3v) is 4.43. The summed E-state index contributed by atoms with van der Waals surface area (Å²) in [7, 11) is 0. The van der Waals surface area contributed by atoms with Crippen molar-refractivity contribution in [2.24, 2.45) is 0 Å². The van der Waals surface area contributed by atoms with Crippen molar-refractivity contribution in [2.45, 2.75) is 39.7 Å². The minimum atomic E-state index is -0.0931. The van der Waals surface area contributed by atoms with Gasteiger partial charge in [0.1, 0.15) is 17.1 Å². The van der Waals surface area contributed by atoms with Gasteiger partial charge in [0.2, 0.25) is 0 Å². The summed E-state index contributed by atoms with van der Waals surface area (Å²) in [5.74, 6) is 1.39. The van der Waals surface area contributed by atoms with Crippen molar-refractivity contribution in [3.63, 3.8) is 0 Å². The Kier molecular flexibility index (Phi) is 3.71. The van der Waals surface area contributed by atoms with E-state index in [0.717, 1.165) is 29.9 Å². The average molecular weight is 335 g/mol. The molecule has 1 aliphatic carbocycles. The molecule has 3 aromatic rings. The number of nitrogens with one attached hydrogen (secondary N) is 1. The first-order valence-corrected chi connectivity index (χ1v) is 8.56. The van der Waals surface area contributed by atoms with E-state index in [4.69, 9.17) is 4.42 Å². The molecule has 1 aromatic carbocycles. The van der Waals surface area contributed by atoms with Crippen molar-refractivity contribution in [1.29, 1.82) is 0 Å². The first-order chi connectivity index (χ1) is 12.0. The lowest BCUT2D eigenvalue weighted by molar-refractivity contribution is 0.0943. The second kappa shape index (κ2) is 5.92. The van der Waals surface area contributed by atoms with Gasteiger partial charge < -0.3 is 9.73 Å². The van der Waals surface area contributed by atoms with Gasteiger partial charge in [-0.3, -0.25) is 4.79 Å². The normalized spacial score (nSPS) is 13.9. The Morgan fingerprint density at radius 1 is 1.16 bits per heavy atom. The van der Waals surface area contributed by atoms with Crippen LogP contribution in [0.3, 0.4) is 0 Å². The SMILES string of the molecule is Cc1ccc(-n2nc(-c3ccc(C)o3)cc2C(=O)NC2CC2)c(C)c1. The Morgan fingerprint density at radius 3 is 2.60 bits per heavy atom. The zero-order valence-electron chi connectivity index (χ0n) is 14.7. The van der Waals surface area contributed by atoms with E-state index in [2.05, 4.69) is 23.4 Å². The molecule has 1 amide bonds. The minimum absolute atomic E-state index is 0.0931. The molecule has 128 valence electrons. The third kappa shape index (κ3) is 3.09. The lowest BCUT2D eigenvalue weighted by Crippen LogP contribution is -2.27. The van der Waals surface area contributed by atoms with Crippen LogP contribution in [0.4, 0.5) is 0 Å². The maximum atomic E-state index is 12.7. The molecule has 1 fully saturated rings. The van der Waals surface area contributed by atoms with Crippen LogP contribution >= 0.6 is 0 Å². The maximum Gasteiger partial charge on any atom is 0.270 e. The topological polar surface area (TPSA) is 60.1 Å². The van der Waals surface area contributed by atoms with Gasteiger partial charge in [-0.2, -0.15) is 5.10 Å². The smallest absolute Gasteiger partial charge is 0.270 e. The number of rotatable bonds is 4. The first kappa shape index (κ1) is 15.7. The van der Waals surface area contributed by atoms with E-state index in [1.807, 2.05) is 38.1 Å². The zero-order valence-corrected chi connectivity index (χ0v) is 14.7. The fourth-order valence-electron chi connectivity index (χ4n) is 2.95. The fraction of sp³-hybridized carbons (Fsp3) is 0.300. The van der Waals surface area contributed by atoms with Gasteiger partial charge in [-0.05, 0) is 57.4 Å². The highest BCUT2D eigenvalue weighted by Crippen LogP contribution is 2.26. The van der Waals surface area contributed by atoms with Crippen LogP contribution < -0.4 is 5.32 Å². The number of furan rings is 1. The summed E-state index contributed by atoms with van der Waals surface area (Å²) in [5, 5.41) is 7.72. The van der Waals surface area contributed by atoms with Crippen molar-refractivity contribution in [3.05, 3.63) is 59.0 Å². The van der Waals surface area contributed by atoms with E-state index in [9.17, 15) is 4.79 Å². The summed E-state index contributed by atoms with van der Waals surface area (Å²) >= 11 is 0. The van der Waals surface area contributed by atoms with Crippen molar-refractivity contribution in [3.8, 4) is 17.1 Å². The van der Waals surface area contributed by atoms with Crippen molar-refractivity contribution >= 4 is 5.91 Å². The quantitative estimate of drug-likeness (QED) is 0.785. The van der Waals surface area contributed by atoms with Crippen molar-refractivity contribution in [2.75, 3.05) is 0 Å². The molecule has 4 rings (SSSR count). The molecule has 1 N–H and O–H groups in total. The number of hydrogen-bond donors (Lipinski definition) is 1. The van der Waals surface area contributed by atoms with E-state index in [1.165, 1.54) is 5.56 Å². The molecule has 2 aromatic heterocycles. The molecular weight excluding hydrogens is 314 g/mol. The molecule has 2 heterocycles. The first-order valence-electron chi connectivity index (χ1n) is 8.56. The zero-order chi connectivity index (χ0) is 17.6. The van der Waals surface area contributed by atoms with Crippen LogP contribution in [0.15, 0.2) is 40.8 Å². The summed E-state index contributed by atoms with van der Waals surface area (Å²) in [6.07, 6.45) is 2.10. The van der Waals surface area contributed by atoms with Gasteiger partial charge in [-0.25, -0.2) is 4.68 Å². The van der Waals surface area contributed by atoms with Gasteiger partial charge in [0.05, 0.1) is 5.69 Å². The van der Waals surface area contributed by atoms with Gasteiger partial charge in [-0.15, -0.1) is 0 Å². The number of carbonyl (C=O) groups excluding carboxylic acids is 1. The molecule has 25 heavy (non-hydrogen) atoms. The molecule has 1 aliphatic rings. The number of carbonyl (C=O) groups is 1. The Labute approximate surface area is 146 Å². The third-order valence-electron chi connectivity index (χ3n) is 4.43. The molecule has 0 saturated heterocycles. The highest BCUT2D eigenvalue weighted by Gasteiger charge is 2.27. The van der Waals surface area contributed by atoms with Gasteiger partial charge in [0.15, 0.2) is 5.76 Å². The van der Waals surface area contributed by atoms with Gasteiger partial charge in [0, 0.05) is 12.1 Å². The number of amides is 1. The lowest BCUT2D eigenvalue weighted by Gasteiger charge is -2.11. The van der Waals surface area contributed by atoms with E-state index in [1.54, 1.807) is 10.7 Å². The van der Waals surface area contributed by atoms with Gasteiger partial charge >= 0.3 is 0 Å². The molecule has 5 nitrogen and oxygen atoms in total. The predicted molar refractivity (Wildman–Crippen MR) is 96.0 cm³/mol. The minimum Gasteiger partial charge on any atom is -0.460 e. The molecule has 0 radical (unpaired) electrons. The van der Waals surface area contributed by atoms with Gasteiger partial charge in [-0.1, -0.05) is 17.7 Å². The van der Waals surface area contributed by atoms with Crippen LogP contribution in [-0.4, -0.2) is 21.7 Å². The van der Waals surface area contributed by atoms with E-state index in [0.29, 0.717) is 23.2 Å². The van der Waals surface area contributed by atoms with E-state index >= 15 is 0 Å². The Balaban J connectivity index is 1.82.